The van der Waals surface area contributed by atoms with Gasteiger partial charge in [-0.3, -0.25) is 9.59 Å². The van der Waals surface area contributed by atoms with Gasteiger partial charge in [-0.1, -0.05) is 0 Å². The van der Waals surface area contributed by atoms with E-state index in [0.29, 0.717) is 6.54 Å². The standard InChI is InChI=1S/C10H17N3O6/c1-2-11-7(14)3-4-12-10(19)13-6(9(17)18)5-8(15)16/h6H,2-5H2,1H3,(H,11,14)(H,15,16)(H,17,18)(H2,12,13,19)/t6-/m1/s1. The number of hydrogen-bond acceptors (Lipinski definition) is 4. The van der Waals surface area contributed by atoms with Crippen molar-refractivity contribution in [3.05, 3.63) is 0 Å². The molecule has 0 aromatic carbocycles. The van der Waals surface area contributed by atoms with E-state index < -0.39 is 30.4 Å². The van der Waals surface area contributed by atoms with Crippen LogP contribution in [0.1, 0.15) is 19.8 Å². The zero-order valence-electron chi connectivity index (χ0n) is 10.4. The maximum atomic E-state index is 11.3. The van der Waals surface area contributed by atoms with Crippen LogP contribution in [-0.4, -0.2) is 53.2 Å². The number of carbonyl (C=O) groups is 4. The molecule has 3 amide bonds. The number of carboxylic acid groups (broad SMARTS) is 2. The number of carboxylic acids is 2. The summed E-state index contributed by atoms with van der Waals surface area (Å²) in [6, 6.07) is -2.35. The topological polar surface area (TPSA) is 145 Å². The molecule has 0 aromatic rings. The third kappa shape index (κ3) is 8.41. The molecular formula is C10H17N3O6. The van der Waals surface area contributed by atoms with Crippen LogP contribution in [0.2, 0.25) is 0 Å². The molecule has 19 heavy (non-hydrogen) atoms. The quantitative estimate of drug-likeness (QED) is 0.374. The Labute approximate surface area is 109 Å². The van der Waals surface area contributed by atoms with Crippen molar-refractivity contribution in [2.24, 2.45) is 0 Å². The number of nitrogens with one attached hydrogen (secondary N) is 3. The third-order valence-electron chi connectivity index (χ3n) is 1.99. The minimum absolute atomic E-state index is 0.0249. The number of urea groups is 1. The normalized spacial score (nSPS) is 11.2. The molecule has 0 aliphatic heterocycles. The van der Waals surface area contributed by atoms with E-state index in [4.69, 9.17) is 10.2 Å². The first-order valence-electron chi connectivity index (χ1n) is 5.62. The average molecular weight is 275 g/mol. The van der Waals surface area contributed by atoms with Crippen LogP contribution in [0.4, 0.5) is 4.79 Å². The summed E-state index contributed by atoms with van der Waals surface area (Å²) in [7, 11) is 0. The monoisotopic (exact) mass is 275 g/mol. The van der Waals surface area contributed by atoms with E-state index in [1.165, 1.54) is 0 Å². The zero-order chi connectivity index (χ0) is 14.8. The lowest BCUT2D eigenvalue weighted by molar-refractivity contribution is -0.145. The molecular weight excluding hydrogens is 258 g/mol. The van der Waals surface area contributed by atoms with Crippen LogP contribution >= 0.6 is 0 Å². The summed E-state index contributed by atoms with van der Waals surface area (Å²) in [4.78, 5) is 43.4. The van der Waals surface area contributed by atoms with E-state index in [-0.39, 0.29) is 18.9 Å². The van der Waals surface area contributed by atoms with Crippen molar-refractivity contribution in [3.8, 4) is 0 Å². The second-order valence-electron chi connectivity index (χ2n) is 3.59. The van der Waals surface area contributed by atoms with Gasteiger partial charge in [-0.25, -0.2) is 9.59 Å². The van der Waals surface area contributed by atoms with Crippen LogP contribution in [0.5, 0.6) is 0 Å². The van der Waals surface area contributed by atoms with Crippen LogP contribution in [-0.2, 0) is 14.4 Å². The molecule has 0 aliphatic rings. The van der Waals surface area contributed by atoms with E-state index >= 15 is 0 Å². The first kappa shape index (κ1) is 16.7. The predicted molar refractivity (Wildman–Crippen MR) is 63.5 cm³/mol. The maximum absolute atomic E-state index is 11.3. The molecule has 0 aromatic heterocycles. The van der Waals surface area contributed by atoms with Crippen molar-refractivity contribution in [3.63, 3.8) is 0 Å². The summed E-state index contributed by atoms with van der Waals surface area (Å²) in [5.41, 5.74) is 0. The van der Waals surface area contributed by atoms with Gasteiger partial charge in [0.15, 0.2) is 0 Å². The highest BCUT2D eigenvalue weighted by Crippen LogP contribution is 1.92. The molecule has 0 fully saturated rings. The van der Waals surface area contributed by atoms with Gasteiger partial charge in [0.25, 0.3) is 0 Å². The number of amides is 3. The first-order chi connectivity index (χ1) is 8.86. The maximum Gasteiger partial charge on any atom is 0.326 e. The summed E-state index contributed by atoms with van der Waals surface area (Å²) in [6.45, 7) is 2.25. The smallest absolute Gasteiger partial charge is 0.326 e. The molecule has 0 saturated heterocycles. The van der Waals surface area contributed by atoms with E-state index in [1.807, 2.05) is 5.32 Å². The van der Waals surface area contributed by atoms with Gasteiger partial charge >= 0.3 is 18.0 Å². The molecule has 108 valence electrons. The predicted octanol–water partition coefficient (Wildman–Crippen LogP) is -1.26. The fourth-order valence-electron chi connectivity index (χ4n) is 1.16. The summed E-state index contributed by atoms with van der Waals surface area (Å²) in [6.07, 6.45) is -0.670. The fraction of sp³-hybridized carbons (Fsp3) is 0.600. The van der Waals surface area contributed by atoms with E-state index in [1.54, 1.807) is 6.92 Å². The highest BCUT2D eigenvalue weighted by atomic mass is 16.4. The van der Waals surface area contributed by atoms with Gasteiger partial charge in [0.2, 0.25) is 5.91 Å². The van der Waals surface area contributed by atoms with Crippen molar-refractivity contribution in [1.82, 2.24) is 16.0 Å². The lowest BCUT2D eigenvalue weighted by atomic mass is 10.2. The Morgan fingerprint density at radius 3 is 2.21 bits per heavy atom. The van der Waals surface area contributed by atoms with Gasteiger partial charge in [0, 0.05) is 19.5 Å². The Morgan fingerprint density at radius 1 is 1.11 bits per heavy atom. The Morgan fingerprint density at radius 2 is 1.74 bits per heavy atom. The van der Waals surface area contributed by atoms with Gasteiger partial charge in [0.1, 0.15) is 6.04 Å². The largest absolute Gasteiger partial charge is 0.481 e. The second-order valence-corrected chi connectivity index (χ2v) is 3.59. The number of rotatable bonds is 8. The number of carbonyl (C=O) groups excluding carboxylic acids is 2. The highest BCUT2D eigenvalue weighted by Gasteiger charge is 2.22. The van der Waals surface area contributed by atoms with Crippen LogP contribution < -0.4 is 16.0 Å². The van der Waals surface area contributed by atoms with Crippen LogP contribution in [0.15, 0.2) is 0 Å². The molecule has 5 N–H and O–H groups in total. The van der Waals surface area contributed by atoms with E-state index in [0.717, 1.165) is 0 Å². The van der Waals surface area contributed by atoms with Crippen LogP contribution in [0, 0.1) is 0 Å². The Balaban J connectivity index is 4.03. The molecule has 0 radical (unpaired) electrons. The Bertz CT molecular complexity index is 357. The summed E-state index contributed by atoms with van der Waals surface area (Å²) in [5, 5.41) is 23.9. The molecule has 9 heteroatoms. The highest BCUT2D eigenvalue weighted by molar-refractivity contribution is 5.86. The molecule has 0 saturated carbocycles. The zero-order valence-corrected chi connectivity index (χ0v) is 10.4. The Hall–Kier alpha value is -2.32. The number of hydrogen-bond donors (Lipinski definition) is 5. The molecule has 1 atom stereocenters. The summed E-state index contributed by atoms with van der Waals surface area (Å²) in [5.74, 6) is -3.03. The van der Waals surface area contributed by atoms with Gasteiger partial charge < -0.3 is 26.2 Å². The second kappa shape index (κ2) is 8.72. The van der Waals surface area contributed by atoms with Crippen molar-refractivity contribution in [2.45, 2.75) is 25.8 Å². The minimum atomic E-state index is -1.51. The minimum Gasteiger partial charge on any atom is -0.481 e. The van der Waals surface area contributed by atoms with Gasteiger partial charge in [0.05, 0.1) is 6.42 Å². The van der Waals surface area contributed by atoms with E-state index in [9.17, 15) is 19.2 Å². The fourth-order valence-corrected chi connectivity index (χ4v) is 1.16. The van der Waals surface area contributed by atoms with Gasteiger partial charge in [-0.15, -0.1) is 0 Å². The average Bonchev–Trinajstić information content (AvgIpc) is 2.27. The van der Waals surface area contributed by atoms with Crippen molar-refractivity contribution in [1.29, 1.82) is 0 Å². The van der Waals surface area contributed by atoms with Gasteiger partial charge in [-0.2, -0.15) is 0 Å². The lowest BCUT2D eigenvalue weighted by Crippen LogP contribution is -2.47. The molecule has 0 aliphatic carbocycles. The van der Waals surface area contributed by atoms with Gasteiger partial charge in [-0.05, 0) is 6.92 Å². The first-order valence-corrected chi connectivity index (χ1v) is 5.62. The molecule has 0 heterocycles. The number of aliphatic carboxylic acids is 2. The van der Waals surface area contributed by atoms with Crippen LogP contribution in [0.25, 0.3) is 0 Å². The summed E-state index contributed by atoms with van der Waals surface area (Å²) < 4.78 is 0. The Kier molecular flexibility index (Phi) is 7.66. The lowest BCUT2D eigenvalue weighted by Gasteiger charge is -2.13. The third-order valence-corrected chi connectivity index (χ3v) is 1.99. The van der Waals surface area contributed by atoms with Crippen molar-refractivity contribution >= 4 is 23.9 Å². The molecule has 0 rings (SSSR count). The molecule has 0 spiro atoms. The SMILES string of the molecule is CCNC(=O)CCNC(=O)N[C@H](CC(=O)O)C(=O)O. The van der Waals surface area contributed by atoms with Crippen LogP contribution in [0.3, 0.4) is 0 Å². The molecule has 9 nitrogen and oxygen atoms in total. The molecule has 0 bridgehead atoms. The summed E-state index contributed by atoms with van der Waals surface area (Å²) >= 11 is 0. The van der Waals surface area contributed by atoms with Crippen molar-refractivity contribution in [2.75, 3.05) is 13.1 Å². The molecule has 0 unspecified atom stereocenters. The van der Waals surface area contributed by atoms with E-state index in [2.05, 4.69) is 10.6 Å². The van der Waals surface area contributed by atoms with Crippen molar-refractivity contribution < 1.29 is 29.4 Å².